The van der Waals surface area contributed by atoms with Crippen LogP contribution in [-0.4, -0.2) is 24.2 Å². The molecule has 1 aromatic rings. The summed E-state index contributed by atoms with van der Waals surface area (Å²) in [7, 11) is -1.44. The van der Waals surface area contributed by atoms with E-state index in [0.29, 0.717) is 0 Å². The van der Waals surface area contributed by atoms with Crippen LogP contribution in [0.1, 0.15) is 13.3 Å². The minimum absolute atomic E-state index is 0.718. The first kappa shape index (κ1) is 13.5. The van der Waals surface area contributed by atoms with E-state index in [2.05, 4.69) is 51.3 Å². The van der Waals surface area contributed by atoms with Crippen molar-refractivity contribution in [1.82, 2.24) is 0 Å². The highest BCUT2D eigenvalue weighted by molar-refractivity contribution is 6.74. The third kappa shape index (κ3) is 3.79. The van der Waals surface area contributed by atoms with E-state index in [4.69, 9.17) is 4.74 Å². The molecular weight excluding hydrogens is 228 g/mol. The van der Waals surface area contributed by atoms with Gasteiger partial charge in [-0.3, -0.25) is 0 Å². The van der Waals surface area contributed by atoms with E-state index in [9.17, 15) is 0 Å². The molecule has 0 aliphatic rings. The Morgan fingerprint density at radius 2 is 1.44 bits per heavy atom. The number of rotatable bonds is 5. The van der Waals surface area contributed by atoms with Gasteiger partial charge < -0.3 is 4.74 Å². The maximum atomic E-state index is 5.78. The van der Waals surface area contributed by atoms with E-state index < -0.39 is 17.6 Å². The van der Waals surface area contributed by atoms with Crippen LogP contribution in [0.2, 0.25) is 26.2 Å². The molecule has 0 atom stereocenters. The van der Waals surface area contributed by atoms with Gasteiger partial charge in [0.05, 0.1) is 24.2 Å². The molecule has 3 heteroatoms. The molecule has 16 heavy (non-hydrogen) atoms. The highest BCUT2D eigenvalue weighted by Gasteiger charge is 2.08. The van der Waals surface area contributed by atoms with Crippen LogP contribution in [0.4, 0.5) is 0 Å². The molecule has 0 aromatic heterocycles. The third-order valence-electron chi connectivity index (χ3n) is 2.76. The molecule has 0 aliphatic carbocycles. The van der Waals surface area contributed by atoms with Crippen LogP contribution in [0, 0.1) is 0 Å². The standard InChI is InChI=1S/C13H24OSi2/c1-6-7-14-11-8-12(15(2)3)10-13(9-11)16(4)5/h8-10,15-16H,6-7H2,1-5H3. The first-order valence-electron chi connectivity index (χ1n) is 6.32. The lowest BCUT2D eigenvalue weighted by Gasteiger charge is -2.14. The number of benzene rings is 1. The summed E-state index contributed by atoms with van der Waals surface area (Å²) in [6.45, 7) is 12.5. The molecule has 90 valence electrons. The van der Waals surface area contributed by atoms with E-state index in [0.717, 1.165) is 18.8 Å². The lowest BCUT2D eigenvalue weighted by molar-refractivity contribution is 0.318. The van der Waals surface area contributed by atoms with Crippen LogP contribution in [0.5, 0.6) is 5.75 Å². The maximum absolute atomic E-state index is 5.78. The van der Waals surface area contributed by atoms with Crippen LogP contribution in [0.3, 0.4) is 0 Å². The Bertz CT molecular complexity index is 308. The van der Waals surface area contributed by atoms with Gasteiger partial charge in [-0.1, -0.05) is 49.6 Å². The van der Waals surface area contributed by atoms with Gasteiger partial charge in [-0.2, -0.15) is 0 Å². The molecule has 0 saturated heterocycles. The van der Waals surface area contributed by atoms with Crippen molar-refractivity contribution in [3.63, 3.8) is 0 Å². The Hall–Kier alpha value is -0.546. The van der Waals surface area contributed by atoms with Crippen LogP contribution in [0.25, 0.3) is 0 Å². The molecular formula is C13H24OSi2. The van der Waals surface area contributed by atoms with Gasteiger partial charge in [-0.15, -0.1) is 0 Å². The SMILES string of the molecule is CCCOc1cc([SiH](C)C)cc([SiH](C)C)c1. The fourth-order valence-electron chi connectivity index (χ4n) is 1.62. The van der Waals surface area contributed by atoms with E-state index in [1.165, 1.54) is 0 Å². The zero-order chi connectivity index (χ0) is 12.1. The highest BCUT2D eigenvalue weighted by atomic mass is 28.3. The minimum Gasteiger partial charge on any atom is -0.494 e. The van der Waals surface area contributed by atoms with Crippen molar-refractivity contribution >= 4 is 28.0 Å². The predicted octanol–water partition coefficient (Wildman–Crippen LogP) is 1.86. The van der Waals surface area contributed by atoms with Crippen LogP contribution < -0.4 is 15.1 Å². The first-order valence-corrected chi connectivity index (χ1v) is 12.1. The summed E-state index contributed by atoms with van der Waals surface area (Å²) in [5, 5.41) is 3.09. The van der Waals surface area contributed by atoms with Crippen LogP contribution >= 0.6 is 0 Å². The Labute approximate surface area is 103 Å². The first-order chi connectivity index (χ1) is 7.54. The van der Waals surface area contributed by atoms with Crippen molar-refractivity contribution in [2.24, 2.45) is 0 Å². The van der Waals surface area contributed by atoms with Crippen molar-refractivity contribution < 1.29 is 4.74 Å². The summed E-state index contributed by atoms with van der Waals surface area (Å²) >= 11 is 0. The topological polar surface area (TPSA) is 9.23 Å². The summed E-state index contributed by atoms with van der Waals surface area (Å²) in [6.07, 6.45) is 1.08. The van der Waals surface area contributed by atoms with E-state index >= 15 is 0 Å². The van der Waals surface area contributed by atoms with E-state index in [-0.39, 0.29) is 0 Å². The summed E-state index contributed by atoms with van der Waals surface area (Å²) in [5.74, 6) is 1.09. The predicted molar refractivity (Wildman–Crippen MR) is 79.3 cm³/mol. The van der Waals surface area contributed by atoms with Crippen molar-refractivity contribution in [2.45, 2.75) is 39.5 Å². The van der Waals surface area contributed by atoms with Gasteiger partial charge in [0.1, 0.15) is 5.75 Å². The number of hydrogen-bond acceptors (Lipinski definition) is 1. The molecule has 0 fully saturated rings. The molecule has 0 aliphatic heterocycles. The minimum atomic E-state index is -0.718. The second-order valence-electron chi connectivity index (χ2n) is 4.99. The third-order valence-corrected chi connectivity index (χ3v) is 6.09. The Balaban J connectivity index is 2.99. The van der Waals surface area contributed by atoms with Crippen molar-refractivity contribution in [2.75, 3.05) is 6.61 Å². The smallest absolute Gasteiger partial charge is 0.119 e. The molecule has 0 N–H and O–H groups in total. The van der Waals surface area contributed by atoms with Gasteiger partial charge in [0, 0.05) is 0 Å². The van der Waals surface area contributed by atoms with Gasteiger partial charge in [0.2, 0.25) is 0 Å². The maximum Gasteiger partial charge on any atom is 0.119 e. The molecule has 0 radical (unpaired) electrons. The fraction of sp³-hybridized carbons (Fsp3) is 0.538. The highest BCUT2D eigenvalue weighted by Crippen LogP contribution is 2.08. The molecule has 1 nitrogen and oxygen atoms in total. The molecule has 0 spiro atoms. The quantitative estimate of drug-likeness (QED) is 0.727. The summed E-state index contributed by atoms with van der Waals surface area (Å²) in [4.78, 5) is 0. The van der Waals surface area contributed by atoms with Crippen LogP contribution in [-0.2, 0) is 0 Å². The summed E-state index contributed by atoms with van der Waals surface area (Å²) in [6, 6.07) is 6.94. The zero-order valence-corrected chi connectivity index (χ0v) is 13.5. The number of hydrogen-bond donors (Lipinski definition) is 0. The van der Waals surface area contributed by atoms with Gasteiger partial charge in [-0.25, -0.2) is 0 Å². The fourth-order valence-corrected chi connectivity index (χ4v) is 3.86. The molecule has 0 saturated carbocycles. The van der Waals surface area contributed by atoms with E-state index in [1.54, 1.807) is 10.4 Å². The zero-order valence-electron chi connectivity index (χ0n) is 11.2. The van der Waals surface area contributed by atoms with E-state index in [1.807, 2.05) is 0 Å². The normalized spacial score (nSPS) is 11.2. The van der Waals surface area contributed by atoms with Crippen molar-refractivity contribution in [3.8, 4) is 5.75 Å². The molecule has 1 rings (SSSR count). The lowest BCUT2D eigenvalue weighted by Crippen LogP contribution is -2.32. The Morgan fingerprint density at radius 3 is 1.81 bits per heavy atom. The molecule has 0 bridgehead atoms. The number of ether oxygens (including phenoxy) is 1. The second kappa shape index (κ2) is 6.25. The molecule has 0 heterocycles. The summed E-state index contributed by atoms with van der Waals surface area (Å²) < 4.78 is 5.78. The summed E-state index contributed by atoms with van der Waals surface area (Å²) in [5.41, 5.74) is 0. The lowest BCUT2D eigenvalue weighted by atomic mass is 10.3. The average Bonchev–Trinajstić information content (AvgIpc) is 2.25. The average molecular weight is 253 g/mol. The molecule has 1 aromatic carbocycles. The van der Waals surface area contributed by atoms with Gasteiger partial charge in [0.15, 0.2) is 0 Å². The molecule has 0 unspecified atom stereocenters. The Morgan fingerprint density at radius 1 is 0.938 bits per heavy atom. The largest absolute Gasteiger partial charge is 0.494 e. The van der Waals surface area contributed by atoms with Gasteiger partial charge >= 0.3 is 0 Å². The van der Waals surface area contributed by atoms with Gasteiger partial charge in [0.25, 0.3) is 0 Å². The Kier molecular flexibility index (Phi) is 5.28. The van der Waals surface area contributed by atoms with Crippen LogP contribution in [0.15, 0.2) is 18.2 Å². The van der Waals surface area contributed by atoms with Crippen molar-refractivity contribution in [3.05, 3.63) is 18.2 Å². The van der Waals surface area contributed by atoms with Gasteiger partial charge in [-0.05, 0) is 18.6 Å². The monoisotopic (exact) mass is 252 g/mol. The second-order valence-corrected chi connectivity index (χ2v) is 10.9. The van der Waals surface area contributed by atoms with Crippen molar-refractivity contribution in [1.29, 1.82) is 0 Å². The molecule has 0 amide bonds.